The topological polar surface area (TPSA) is 129 Å². The number of anilines is 1. The molecule has 0 bridgehead atoms. The number of hydrogen-bond acceptors (Lipinski definition) is 7. The Morgan fingerprint density at radius 1 is 1.13 bits per heavy atom. The number of nitrogens with zero attached hydrogens (tertiary/aromatic N) is 2. The first-order valence-corrected chi connectivity index (χ1v) is 14.1. The molecule has 1 atom stereocenters. The van der Waals surface area contributed by atoms with Gasteiger partial charge in [-0.3, -0.25) is 4.79 Å². The van der Waals surface area contributed by atoms with Crippen LogP contribution in [-0.2, 0) is 26.8 Å². The van der Waals surface area contributed by atoms with Crippen molar-refractivity contribution < 1.29 is 28.2 Å². The van der Waals surface area contributed by atoms with Crippen LogP contribution in [0.4, 0.5) is 5.82 Å². The molecule has 10 heteroatoms. The number of hydrogen-bond donors (Lipinski definition) is 3. The van der Waals surface area contributed by atoms with Crippen molar-refractivity contribution in [2.45, 2.75) is 48.6 Å². The third-order valence-corrected chi connectivity index (χ3v) is 9.44. The predicted molar refractivity (Wildman–Crippen MR) is 142 cm³/mol. The molecule has 9 nitrogen and oxygen atoms in total. The van der Waals surface area contributed by atoms with Crippen LogP contribution in [0.2, 0.25) is 0 Å². The van der Waals surface area contributed by atoms with Gasteiger partial charge in [0.2, 0.25) is 15.9 Å². The van der Waals surface area contributed by atoms with Crippen molar-refractivity contribution in [3.8, 4) is 17.0 Å². The normalized spacial score (nSPS) is 18.8. The summed E-state index contributed by atoms with van der Waals surface area (Å²) in [5.74, 6) is 0.810. The highest BCUT2D eigenvalue weighted by molar-refractivity contribution is 7.89. The van der Waals surface area contributed by atoms with Crippen LogP contribution in [0.25, 0.3) is 11.3 Å². The third kappa shape index (κ3) is 4.80. The maximum atomic E-state index is 13.3. The Kier molecular flexibility index (Phi) is 7.23. The second-order valence-corrected chi connectivity index (χ2v) is 11.6. The number of pyridine rings is 1. The van der Waals surface area contributed by atoms with Gasteiger partial charge in [0.25, 0.3) is 0 Å². The Labute approximate surface area is 222 Å². The molecule has 2 aromatic carbocycles. The van der Waals surface area contributed by atoms with Crippen molar-refractivity contribution in [3.63, 3.8) is 0 Å². The summed E-state index contributed by atoms with van der Waals surface area (Å²) in [6, 6.07) is 16.8. The van der Waals surface area contributed by atoms with E-state index in [1.165, 1.54) is 4.31 Å². The van der Waals surface area contributed by atoms with Gasteiger partial charge in [0.15, 0.2) is 0 Å². The Morgan fingerprint density at radius 2 is 1.89 bits per heavy atom. The fourth-order valence-electron chi connectivity index (χ4n) is 5.11. The number of rotatable bonds is 9. The molecule has 2 heterocycles. The van der Waals surface area contributed by atoms with Crippen LogP contribution in [0.3, 0.4) is 0 Å². The Balaban J connectivity index is 1.33. The average Bonchev–Trinajstić information content (AvgIpc) is 3.62. The van der Waals surface area contributed by atoms with Gasteiger partial charge < -0.3 is 20.3 Å². The maximum Gasteiger partial charge on any atom is 0.243 e. The van der Waals surface area contributed by atoms with E-state index < -0.39 is 15.4 Å². The molecule has 0 unspecified atom stereocenters. The first kappa shape index (κ1) is 26.3. The van der Waals surface area contributed by atoms with Crippen molar-refractivity contribution in [1.29, 1.82) is 0 Å². The molecular formula is C28H31N3O6S. The number of ether oxygens (including phenoxy) is 1. The molecule has 5 rings (SSSR count). The van der Waals surface area contributed by atoms with E-state index in [4.69, 9.17) is 4.74 Å². The van der Waals surface area contributed by atoms with E-state index in [1.54, 1.807) is 55.6 Å². The fraction of sp³-hybridized carbons (Fsp3) is 0.357. The van der Waals surface area contributed by atoms with Gasteiger partial charge in [0.05, 0.1) is 36.3 Å². The minimum Gasteiger partial charge on any atom is -0.496 e. The Morgan fingerprint density at radius 3 is 2.55 bits per heavy atom. The van der Waals surface area contributed by atoms with Crippen LogP contribution in [0.15, 0.2) is 65.6 Å². The van der Waals surface area contributed by atoms with Gasteiger partial charge in [-0.2, -0.15) is 4.31 Å². The summed E-state index contributed by atoms with van der Waals surface area (Å²) in [5.41, 5.74) is 2.09. The first-order valence-electron chi connectivity index (χ1n) is 12.6. The summed E-state index contributed by atoms with van der Waals surface area (Å²) in [4.78, 5) is 18.1. The van der Waals surface area contributed by atoms with Gasteiger partial charge in [-0.05, 0) is 67.6 Å². The molecule has 1 aromatic heterocycles. The highest BCUT2D eigenvalue weighted by Gasteiger charge is 2.51. The van der Waals surface area contributed by atoms with Crippen LogP contribution >= 0.6 is 0 Å². The largest absolute Gasteiger partial charge is 0.496 e. The molecule has 0 spiro atoms. The molecule has 38 heavy (non-hydrogen) atoms. The molecule has 3 aromatic rings. The fourth-order valence-corrected chi connectivity index (χ4v) is 6.80. The number of sulfonamides is 1. The monoisotopic (exact) mass is 537 g/mol. The number of amides is 1. The molecule has 1 amide bonds. The Bertz CT molecular complexity index is 1440. The van der Waals surface area contributed by atoms with Crippen LogP contribution < -0.4 is 10.1 Å². The summed E-state index contributed by atoms with van der Waals surface area (Å²) < 4.78 is 32.8. The number of methoxy groups -OCH3 is 1. The van der Waals surface area contributed by atoms with E-state index in [0.717, 1.165) is 12.0 Å². The maximum absolute atomic E-state index is 13.3. The summed E-state index contributed by atoms with van der Waals surface area (Å²) >= 11 is 0. The lowest BCUT2D eigenvalue weighted by atomic mass is 9.93. The molecule has 0 radical (unpaired) electrons. The molecule has 200 valence electrons. The van der Waals surface area contributed by atoms with Crippen molar-refractivity contribution in [2.75, 3.05) is 25.6 Å². The van der Waals surface area contributed by atoms with Crippen LogP contribution in [0.1, 0.15) is 36.8 Å². The SMILES string of the molecule is COc1ccc(C2(C(=O)Nc3cccc(-c4ccc(S(=O)(=O)N5CCC[C@@H]5CO)cc4)n3)CC2)cc1CO. The van der Waals surface area contributed by atoms with Gasteiger partial charge in [-0.25, -0.2) is 13.4 Å². The number of benzene rings is 2. The number of aliphatic hydroxyl groups excluding tert-OH is 2. The standard InChI is InChI=1S/C28H31N3O6S/c1-37-25-12-9-21(16-20(25)17-32)28(13-14-28)27(34)30-26-6-2-5-24(29-26)19-7-10-23(11-8-19)38(35,36)31-15-3-4-22(31)18-33/h2,5-12,16,22,32-33H,3-4,13-15,17-18H2,1H3,(H,29,30,34)/t22-/m1/s1. The molecule has 1 aliphatic heterocycles. The van der Waals surface area contributed by atoms with Crippen molar-refractivity contribution in [2.24, 2.45) is 0 Å². The number of aromatic nitrogens is 1. The van der Waals surface area contributed by atoms with E-state index in [2.05, 4.69) is 10.3 Å². The highest BCUT2D eigenvalue weighted by atomic mass is 32.2. The average molecular weight is 538 g/mol. The number of nitrogens with one attached hydrogen (secondary N) is 1. The van der Waals surface area contributed by atoms with Crippen LogP contribution in [0.5, 0.6) is 5.75 Å². The van der Waals surface area contributed by atoms with E-state index in [-0.39, 0.29) is 30.1 Å². The van der Waals surface area contributed by atoms with E-state index >= 15 is 0 Å². The molecule has 3 N–H and O–H groups in total. The van der Waals surface area contributed by atoms with Crippen LogP contribution in [0, 0.1) is 0 Å². The molecule has 1 saturated carbocycles. The summed E-state index contributed by atoms with van der Waals surface area (Å²) in [5, 5.41) is 22.1. The van der Waals surface area contributed by atoms with Crippen LogP contribution in [-0.4, -0.2) is 60.1 Å². The highest BCUT2D eigenvalue weighted by Crippen LogP contribution is 2.49. The smallest absolute Gasteiger partial charge is 0.243 e. The van der Waals surface area contributed by atoms with Gasteiger partial charge in [-0.1, -0.05) is 24.3 Å². The molecule has 2 aliphatic rings. The number of aliphatic hydroxyl groups is 2. The first-order chi connectivity index (χ1) is 18.3. The second kappa shape index (κ2) is 10.5. The van der Waals surface area contributed by atoms with E-state index in [9.17, 15) is 23.4 Å². The van der Waals surface area contributed by atoms with Gasteiger partial charge in [0.1, 0.15) is 11.6 Å². The van der Waals surface area contributed by atoms with Crippen molar-refractivity contribution in [3.05, 3.63) is 71.8 Å². The van der Waals surface area contributed by atoms with E-state index in [1.807, 2.05) is 12.1 Å². The van der Waals surface area contributed by atoms with Gasteiger partial charge in [0, 0.05) is 23.7 Å². The summed E-state index contributed by atoms with van der Waals surface area (Å²) in [6.07, 6.45) is 2.77. The zero-order valence-corrected chi connectivity index (χ0v) is 21.9. The number of carbonyl (C=O) groups is 1. The van der Waals surface area contributed by atoms with Gasteiger partial charge >= 0.3 is 0 Å². The molecule has 1 saturated heterocycles. The Hall–Kier alpha value is -3.31. The van der Waals surface area contributed by atoms with E-state index in [0.29, 0.717) is 54.2 Å². The summed E-state index contributed by atoms with van der Waals surface area (Å²) in [7, 11) is -2.16. The molecule has 2 fully saturated rings. The quantitative estimate of drug-likeness (QED) is 0.383. The zero-order valence-electron chi connectivity index (χ0n) is 21.1. The lowest BCUT2D eigenvalue weighted by Crippen LogP contribution is -2.37. The zero-order chi connectivity index (χ0) is 26.9. The third-order valence-electron chi connectivity index (χ3n) is 7.47. The molecular weight excluding hydrogens is 506 g/mol. The molecule has 1 aliphatic carbocycles. The second-order valence-electron chi connectivity index (χ2n) is 9.75. The lowest BCUT2D eigenvalue weighted by molar-refractivity contribution is -0.118. The van der Waals surface area contributed by atoms with Gasteiger partial charge in [-0.15, -0.1) is 0 Å². The summed E-state index contributed by atoms with van der Waals surface area (Å²) in [6.45, 7) is 0.0263. The van der Waals surface area contributed by atoms with Crippen molar-refractivity contribution >= 4 is 21.7 Å². The lowest BCUT2D eigenvalue weighted by Gasteiger charge is -2.22. The predicted octanol–water partition coefficient (Wildman–Crippen LogP) is 3.07. The minimum absolute atomic E-state index is 0.165. The van der Waals surface area contributed by atoms with Crippen molar-refractivity contribution in [1.82, 2.24) is 9.29 Å². The number of carbonyl (C=O) groups excluding carboxylic acids is 1. The minimum atomic E-state index is -3.70.